The van der Waals surface area contributed by atoms with Crippen LogP contribution in [0.1, 0.15) is 21.1 Å². The van der Waals surface area contributed by atoms with Gasteiger partial charge in [0.1, 0.15) is 5.01 Å². The fourth-order valence-corrected chi connectivity index (χ4v) is 2.85. The van der Waals surface area contributed by atoms with Crippen molar-refractivity contribution in [1.82, 2.24) is 10.3 Å². The van der Waals surface area contributed by atoms with E-state index in [1.54, 1.807) is 0 Å². The largest absolute Gasteiger partial charge is 0.493 e. The van der Waals surface area contributed by atoms with Crippen molar-refractivity contribution in [2.24, 2.45) is 5.73 Å². The van der Waals surface area contributed by atoms with Crippen molar-refractivity contribution in [2.45, 2.75) is 13.5 Å². The second-order valence-electron chi connectivity index (χ2n) is 4.81. The Hall–Kier alpha value is -2.32. The number of carbonyl (C=O) groups excluding carboxylic acids is 2. The number of ether oxygens (including phenoxy) is 2. The van der Waals surface area contributed by atoms with Crippen molar-refractivity contribution < 1.29 is 19.1 Å². The van der Waals surface area contributed by atoms with Gasteiger partial charge in [-0.3, -0.25) is 9.59 Å². The van der Waals surface area contributed by atoms with E-state index in [2.05, 4.69) is 10.3 Å². The number of nitrogens with zero attached hydrogens (tertiary/aromatic N) is 1. The van der Waals surface area contributed by atoms with E-state index in [1.165, 1.54) is 30.6 Å². The Labute approximate surface area is 147 Å². The molecule has 1 aromatic carbocycles. The maximum Gasteiger partial charge on any atom is 0.255 e. The zero-order valence-electron chi connectivity index (χ0n) is 13.1. The number of aromatic nitrogens is 1. The van der Waals surface area contributed by atoms with E-state index >= 15 is 0 Å². The number of thiazole rings is 1. The summed E-state index contributed by atoms with van der Waals surface area (Å²) in [6.45, 7) is 1.86. The molecule has 2 rings (SSSR count). The number of benzene rings is 1. The summed E-state index contributed by atoms with van der Waals surface area (Å²) in [5.74, 6) is -0.581. The predicted octanol–water partition coefficient (Wildman–Crippen LogP) is 1.91. The lowest BCUT2D eigenvalue weighted by Gasteiger charge is -2.13. The summed E-state index contributed by atoms with van der Waals surface area (Å²) in [6, 6.07) is 2.91. The minimum absolute atomic E-state index is 0.144. The third kappa shape index (κ3) is 4.59. The Morgan fingerprint density at radius 2 is 2.17 bits per heavy atom. The molecule has 0 saturated heterocycles. The Kier molecular flexibility index (Phi) is 5.99. The highest BCUT2D eigenvalue weighted by Gasteiger charge is 2.16. The first-order chi connectivity index (χ1) is 11.4. The van der Waals surface area contributed by atoms with Gasteiger partial charge in [0.25, 0.3) is 11.8 Å². The van der Waals surface area contributed by atoms with Crippen LogP contribution in [0.2, 0.25) is 5.02 Å². The number of rotatable bonds is 7. The number of nitrogens with two attached hydrogens (primary N) is 1. The highest BCUT2D eigenvalue weighted by Crippen LogP contribution is 2.36. The predicted molar refractivity (Wildman–Crippen MR) is 90.7 cm³/mol. The highest BCUT2D eigenvalue weighted by molar-refractivity contribution is 7.09. The molecule has 0 aliphatic heterocycles. The van der Waals surface area contributed by atoms with Crippen LogP contribution in [0.5, 0.6) is 11.5 Å². The Morgan fingerprint density at radius 3 is 2.75 bits per heavy atom. The third-order valence-corrected chi connectivity index (χ3v) is 4.16. The van der Waals surface area contributed by atoms with Crippen molar-refractivity contribution in [3.63, 3.8) is 0 Å². The summed E-state index contributed by atoms with van der Waals surface area (Å²) in [4.78, 5) is 27.4. The van der Waals surface area contributed by atoms with E-state index in [9.17, 15) is 9.59 Å². The van der Waals surface area contributed by atoms with E-state index < -0.39 is 5.91 Å². The monoisotopic (exact) mass is 369 g/mol. The lowest BCUT2D eigenvalue weighted by atomic mass is 10.2. The standard InChI is InChI=1S/C15H16ClN3O4S/c1-8-7-24-13(19-8)5-18-15(21)9-3-10(16)14(11(4-9)22-2)23-6-12(17)20/h3-4,7H,5-6H2,1-2H3,(H2,17,20)(H,18,21). The fourth-order valence-electron chi connectivity index (χ4n) is 1.88. The topological polar surface area (TPSA) is 104 Å². The molecule has 3 N–H and O–H groups in total. The minimum atomic E-state index is -0.645. The SMILES string of the molecule is COc1cc(C(=O)NCc2nc(C)cs2)cc(Cl)c1OCC(N)=O. The lowest BCUT2D eigenvalue weighted by molar-refractivity contribution is -0.119. The van der Waals surface area contributed by atoms with Crippen molar-refractivity contribution >= 4 is 34.8 Å². The molecule has 2 amide bonds. The van der Waals surface area contributed by atoms with Crippen LogP contribution in [0.4, 0.5) is 0 Å². The highest BCUT2D eigenvalue weighted by atomic mass is 35.5. The molecule has 24 heavy (non-hydrogen) atoms. The summed E-state index contributed by atoms with van der Waals surface area (Å²) in [6.07, 6.45) is 0. The number of primary amides is 1. The summed E-state index contributed by atoms with van der Waals surface area (Å²) in [7, 11) is 1.41. The van der Waals surface area contributed by atoms with Crippen LogP contribution < -0.4 is 20.5 Å². The van der Waals surface area contributed by atoms with Crippen molar-refractivity contribution in [2.75, 3.05) is 13.7 Å². The molecule has 0 fully saturated rings. The van der Waals surface area contributed by atoms with Gasteiger partial charge in [-0.25, -0.2) is 4.98 Å². The van der Waals surface area contributed by atoms with Crippen LogP contribution in [0.3, 0.4) is 0 Å². The van der Waals surface area contributed by atoms with Gasteiger partial charge >= 0.3 is 0 Å². The van der Waals surface area contributed by atoms with Gasteiger partial charge in [-0.2, -0.15) is 0 Å². The normalized spacial score (nSPS) is 10.3. The summed E-state index contributed by atoms with van der Waals surface area (Å²) >= 11 is 7.58. The van der Waals surface area contributed by atoms with E-state index in [-0.39, 0.29) is 29.0 Å². The number of aryl methyl sites for hydroxylation is 1. The van der Waals surface area contributed by atoms with E-state index in [4.69, 9.17) is 26.8 Å². The molecule has 0 aliphatic rings. The van der Waals surface area contributed by atoms with Crippen LogP contribution >= 0.6 is 22.9 Å². The zero-order valence-corrected chi connectivity index (χ0v) is 14.7. The molecule has 7 nitrogen and oxygen atoms in total. The molecule has 0 radical (unpaired) electrons. The first kappa shape index (κ1) is 18.0. The number of carbonyl (C=O) groups is 2. The summed E-state index contributed by atoms with van der Waals surface area (Å²) < 4.78 is 10.4. The van der Waals surface area contributed by atoms with Gasteiger partial charge in [0.2, 0.25) is 0 Å². The van der Waals surface area contributed by atoms with Crippen LogP contribution in [-0.2, 0) is 11.3 Å². The van der Waals surface area contributed by atoms with E-state index in [1.807, 2.05) is 12.3 Å². The van der Waals surface area contributed by atoms with Crippen molar-refractivity contribution in [1.29, 1.82) is 0 Å². The molecule has 2 aromatic rings. The Bertz CT molecular complexity index is 763. The van der Waals surface area contributed by atoms with E-state index in [0.29, 0.717) is 12.1 Å². The molecule has 0 unspecified atom stereocenters. The quantitative estimate of drug-likeness (QED) is 0.775. The second kappa shape index (κ2) is 7.98. The number of amides is 2. The van der Waals surface area contributed by atoms with Gasteiger partial charge in [0.05, 0.1) is 18.7 Å². The van der Waals surface area contributed by atoms with Gasteiger partial charge in [-0.1, -0.05) is 11.6 Å². The van der Waals surface area contributed by atoms with Crippen LogP contribution in [-0.4, -0.2) is 30.5 Å². The van der Waals surface area contributed by atoms with Gasteiger partial charge < -0.3 is 20.5 Å². The van der Waals surface area contributed by atoms with E-state index in [0.717, 1.165) is 10.7 Å². The number of halogens is 1. The number of hydrogen-bond acceptors (Lipinski definition) is 6. The molecular formula is C15H16ClN3O4S. The minimum Gasteiger partial charge on any atom is -0.493 e. The molecule has 1 heterocycles. The molecule has 0 aliphatic carbocycles. The average Bonchev–Trinajstić information content (AvgIpc) is 2.96. The van der Waals surface area contributed by atoms with Crippen LogP contribution in [0.25, 0.3) is 0 Å². The van der Waals surface area contributed by atoms with Gasteiger partial charge in [0.15, 0.2) is 18.1 Å². The Morgan fingerprint density at radius 1 is 1.42 bits per heavy atom. The first-order valence-electron chi connectivity index (χ1n) is 6.88. The van der Waals surface area contributed by atoms with Crippen LogP contribution in [0.15, 0.2) is 17.5 Å². The number of methoxy groups -OCH3 is 1. The Balaban J connectivity index is 2.13. The smallest absolute Gasteiger partial charge is 0.255 e. The summed E-state index contributed by atoms with van der Waals surface area (Å²) in [5.41, 5.74) is 6.25. The summed E-state index contributed by atoms with van der Waals surface area (Å²) in [5, 5.41) is 5.62. The fraction of sp³-hybridized carbons (Fsp3) is 0.267. The molecule has 1 aromatic heterocycles. The second-order valence-corrected chi connectivity index (χ2v) is 6.16. The average molecular weight is 370 g/mol. The van der Waals surface area contributed by atoms with Crippen LogP contribution in [0, 0.1) is 6.92 Å². The lowest BCUT2D eigenvalue weighted by Crippen LogP contribution is -2.23. The van der Waals surface area contributed by atoms with Gasteiger partial charge in [-0.05, 0) is 19.1 Å². The number of hydrogen-bond donors (Lipinski definition) is 2. The van der Waals surface area contributed by atoms with Gasteiger partial charge in [0, 0.05) is 16.6 Å². The maximum absolute atomic E-state index is 12.3. The molecule has 0 bridgehead atoms. The van der Waals surface area contributed by atoms with Gasteiger partial charge in [-0.15, -0.1) is 11.3 Å². The van der Waals surface area contributed by atoms with Crippen molar-refractivity contribution in [3.05, 3.63) is 38.8 Å². The molecular weight excluding hydrogens is 354 g/mol. The molecule has 9 heteroatoms. The first-order valence-corrected chi connectivity index (χ1v) is 8.14. The maximum atomic E-state index is 12.3. The third-order valence-electron chi connectivity index (χ3n) is 2.92. The molecule has 0 atom stereocenters. The molecule has 0 saturated carbocycles. The molecule has 0 spiro atoms. The zero-order chi connectivity index (χ0) is 17.7. The molecule has 128 valence electrons. The van der Waals surface area contributed by atoms with Crippen molar-refractivity contribution in [3.8, 4) is 11.5 Å². The number of nitrogens with one attached hydrogen (secondary N) is 1.